The predicted molar refractivity (Wildman–Crippen MR) is 105 cm³/mol. The second-order valence-corrected chi connectivity index (χ2v) is 7.36. The molecular weight excluding hydrogens is 428 g/mol. The third kappa shape index (κ3) is 4.54. The van der Waals surface area contributed by atoms with Crippen LogP contribution in [-0.2, 0) is 6.18 Å². The van der Waals surface area contributed by atoms with E-state index in [0.717, 1.165) is 18.2 Å². The standard InChI is InChI=1S/C19H15Cl2F3N4O/c1-10(2)17-16(26-27-28(17)13-6-4-12(20)5-7-13)18(29)25-15-9-11(19(22,23)24)3-8-14(15)21/h3-10H,1-2H3,(H,25,29). The Hall–Kier alpha value is -2.58. The number of nitrogens with one attached hydrogen (secondary N) is 1. The van der Waals surface area contributed by atoms with Crippen molar-refractivity contribution in [1.82, 2.24) is 15.0 Å². The van der Waals surface area contributed by atoms with Crippen LogP contribution in [0.4, 0.5) is 18.9 Å². The summed E-state index contributed by atoms with van der Waals surface area (Å²) in [5, 5.41) is 10.9. The summed E-state index contributed by atoms with van der Waals surface area (Å²) < 4.78 is 40.4. The van der Waals surface area contributed by atoms with Crippen LogP contribution >= 0.6 is 23.2 Å². The molecule has 0 saturated heterocycles. The topological polar surface area (TPSA) is 59.8 Å². The van der Waals surface area contributed by atoms with E-state index in [0.29, 0.717) is 16.4 Å². The van der Waals surface area contributed by atoms with Gasteiger partial charge in [0, 0.05) is 5.02 Å². The number of halogens is 5. The van der Waals surface area contributed by atoms with E-state index in [1.54, 1.807) is 24.3 Å². The summed E-state index contributed by atoms with van der Waals surface area (Å²) in [6, 6.07) is 9.47. The minimum atomic E-state index is -4.56. The fourth-order valence-corrected chi connectivity index (χ4v) is 3.01. The fraction of sp³-hybridized carbons (Fsp3) is 0.211. The normalized spacial score (nSPS) is 11.7. The Labute approximate surface area is 174 Å². The molecule has 1 aromatic heterocycles. The van der Waals surface area contributed by atoms with Gasteiger partial charge in [-0.15, -0.1) is 5.10 Å². The molecule has 0 unspecified atom stereocenters. The second kappa shape index (κ2) is 8.04. The minimum absolute atomic E-state index is 0.0107. The van der Waals surface area contributed by atoms with E-state index >= 15 is 0 Å². The number of anilines is 1. The minimum Gasteiger partial charge on any atom is -0.319 e. The van der Waals surface area contributed by atoms with Gasteiger partial charge >= 0.3 is 6.18 Å². The molecule has 1 amide bonds. The zero-order valence-electron chi connectivity index (χ0n) is 15.3. The van der Waals surface area contributed by atoms with Crippen molar-refractivity contribution in [2.24, 2.45) is 0 Å². The number of rotatable bonds is 4. The molecule has 0 radical (unpaired) electrons. The SMILES string of the molecule is CC(C)c1c(C(=O)Nc2cc(C(F)(F)F)ccc2Cl)nnn1-c1ccc(Cl)cc1. The fourth-order valence-electron chi connectivity index (χ4n) is 2.72. The molecule has 0 fully saturated rings. The third-order valence-electron chi connectivity index (χ3n) is 4.08. The summed E-state index contributed by atoms with van der Waals surface area (Å²) in [6.45, 7) is 3.69. The molecule has 0 aliphatic heterocycles. The second-order valence-electron chi connectivity index (χ2n) is 6.51. The van der Waals surface area contributed by atoms with Crippen molar-refractivity contribution in [3.8, 4) is 5.69 Å². The van der Waals surface area contributed by atoms with Crippen LogP contribution in [0.3, 0.4) is 0 Å². The van der Waals surface area contributed by atoms with Crippen molar-refractivity contribution in [2.75, 3.05) is 5.32 Å². The van der Waals surface area contributed by atoms with E-state index < -0.39 is 17.6 Å². The molecule has 5 nitrogen and oxygen atoms in total. The molecule has 3 rings (SSSR count). The van der Waals surface area contributed by atoms with Crippen LogP contribution in [0, 0.1) is 0 Å². The summed E-state index contributed by atoms with van der Waals surface area (Å²) in [7, 11) is 0. The molecule has 10 heteroatoms. The molecule has 29 heavy (non-hydrogen) atoms. The molecule has 0 aliphatic carbocycles. The predicted octanol–water partition coefficient (Wildman–Crippen LogP) is 5.97. The molecule has 0 saturated carbocycles. The summed E-state index contributed by atoms with van der Waals surface area (Å²) in [6.07, 6.45) is -4.56. The molecule has 152 valence electrons. The summed E-state index contributed by atoms with van der Waals surface area (Å²) in [5.41, 5.74) is 0.0337. The van der Waals surface area contributed by atoms with Crippen molar-refractivity contribution >= 4 is 34.8 Å². The first-order chi connectivity index (χ1) is 13.6. The Kier molecular flexibility index (Phi) is 5.86. The number of hydrogen-bond acceptors (Lipinski definition) is 3. The van der Waals surface area contributed by atoms with Gasteiger partial charge < -0.3 is 5.32 Å². The van der Waals surface area contributed by atoms with Crippen molar-refractivity contribution in [3.05, 3.63) is 69.5 Å². The lowest BCUT2D eigenvalue weighted by Crippen LogP contribution is -2.17. The van der Waals surface area contributed by atoms with Crippen LogP contribution in [0.15, 0.2) is 42.5 Å². The van der Waals surface area contributed by atoms with Crippen LogP contribution in [0.1, 0.15) is 41.5 Å². The number of hydrogen-bond donors (Lipinski definition) is 1. The highest BCUT2D eigenvalue weighted by molar-refractivity contribution is 6.34. The van der Waals surface area contributed by atoms with Gasteiger partial charge in [0.2, 0.25) is 0 Å². The van der Waals surface area contributed by atoms with Crippen molar-refractivity contribution in [1.29, 1.82) is 0 Å². The Balaban J connectivity index is 1.97. The number of carbonyl (C=O) groups is 1. The van der Waals surface area contributed by atoms with Gasteiger partial charge in [-0.25, -0.2) is 4.68 Å². The molecule has 0 atom stereocenters. The van der Waals surface area contributed by atoms with E-state index in [2.05, 4.69) is 15.6 Å². The average molecular weight is 443 g/mol. The number of benzene rings is 2. The van der Waals surface area contributed by atoms with Crippen molar-refractivity contribution < 1.29 is 18.0 Å². The van der Waals surface area contributed by atoms with Crippen LogP contribution in [0.5, 0.6) is 0 Å². The van der Waals surface area contributed by atoms with Crippen LogP contribution in [0.2, 0.25) is 10.0 Å². The molecule has 2 aromatic carbocycles. The Morgan fingerprint density at radius 2 is 1.76 bits per heavy atom. The highest BCUT2D eigenvalue weighted by atomic mass is 35.5. The molecule has 3 aromatic rings. The zero-order valence-corrected chi connectivity index (χ0v) is 16.8. The maximum absolute atomic E-state index is 13.0. The van der Waals surface area contributed by atoms with Crippen molar-refractivity contribution in [2.45, 2.75) is 25.9 Å². The van der Waals surface area contributed by atoms with Gasteiger partial charge in [-0.2, -0.15) is 13.2 Å². The molecule has 0 spiro atoms. The van der Waals surface area contributed by atoms with Gasteiger partial charge in [-0.1, -0.05) is 42.3 Å². The molecule has 0 bridgehead atoms. The number of aromatic nitrogens is 3. The van der Waals surface area contributed by atoms with Crippen molar-refractivity contribution in [3.63, 3.8) is 0 Å². The lowest BCUT2D eigenvalue weighted by molar-refractivity contribution is -0.137. The van der Waals surface area contributed by atoms with Gasteiger partial charge in [0.25, 0.3) is 5.91 Å². The smallest absolute Gasteiger partial charge is 0.319 e. The molecule has 1 N–H and O–H groups in total. The molecule has 1 heterocycles. The lowest BCUT2D eigenvalue weighted by atomic mass is 10.1. The van der Waals surface area contributed by atoms with E-state index in [1.807, 2.05) is 13.8 Å². The Morgan fingerprint density at radius 1 is 1.10 bits per heavy atom. The highest BCUT2D eigenvalue weighted by Gasteiger charge is 2.31. The van der Waals surface area contributed by atoms with Crippen LogP contribution in [0.25, 0.3) is 5.69 Å². The van der Waals surface area contributed by atoms with Crippen LogP contribution in [-0.4, -0.2) is 20.9 Å². The summed E-state index contributed by atoms with van der Waals surface area (Å²) in [4.78, 5) is 12.8. The number of nitrogens with zero attached hydrogens (tertiary/aromatic N) is 3. The molecule has 0 aliphatic rings. The maximum atomic E-state index is 13.0. The van der Waals surface area contributed by atoms with E-state index in [1.165, 1.54) is 4.68 Å². The zero-order chi connectivity index (χ0) is 21.3. The van der Waals surface area contributed by atoms with Gasteiger partial charge in [-0.3, -0.25) is 4.79 Å². The summed E-state index contributed by atoms with van der Waals surface area (Å²) >= 11 is 11.9. The molecular formula is C19H15Cl2F3N4O. The first-order valence-electron chi connectivity index (χ1n) is 8.47. The third-order valence-corrected chi connectivity index (χ3v) is 4.66. The number of alkyl halides is 3. The monoisotopic (exact) mass is 442 g/mol. The van der Waals surface area contributed by atoms with E-state index in [4.69, 9.17) is 23.2 Å². The Bertz CT molecular complexity index is 1050. The quantitative estimate of drug-likeness (QED) is 0.541. The first kappa shape index (κ1) is 21.1. The first-order valence-corrected chi connectivity index (χ1v) is 9.23. The Morgan fingerprint density at radius 3 is 2.34 bits per heavy atom. The largest absolute Gasteiger partial charge is 0.416 e. The van der Waals surface area contributed by atoms with Gasteiger partial charge in [-0.05, 0) is 48.4 Å². The number of carbonyl (C=O) groups excluding carboxylic acids is 1. The lowest BCUT2D eigenvalue weighted by Gasteiger charge is -2.13. The number of amides is 1. The van der Waals surface area contributed by atoms with Gasteiger partial charge in [0.1, 0.15) is 0 Å². The average Bonchev–Trinajstić information content (AvgIpc) is 3.08. The summed E-state index contributed by atoms with van der Waals surface area (Å²) in [5.74, 6) is -0.867. The van der Waals surface area contributed by atoms with Gasteiger partial charge in [0.05, 0.1) is 27.7 Å². The maximum Gasteiger partial charge on any atom is 0.416 e. The van der Waals surface area contributed by atoms with Gasteiger partial charge in [0.15, 0.2) is 5.69 Å². The highest BCUT2D eigenvalue weighted by Crippen LogP contribution is 2.34. The van der Waals surface area contributed by atoms with Crippen LogP contribution < -0.4 is 5.32 Å². The van der Waals surface area contributed by atoms with E-state index in [9.17, 15) is 18.0 Å². The van der Waals surface area contributed by atoms with E-state index in [-0.39, 0.29) is 22.3 Å².